The number of halogens is 1. The Morgan fingerprint density at radius 1 is 1.40 bits per heavy atom. The van der Waals surface area contributed by atoms with Crippen LogP contribution in [0.4, 0.5) is 0 Å². The summed E-state index contributed by atoms with van der Waals surface area (Å²) in [6, 6.07) is 7.50. The second kappa shape index (κ2) is 7.63. The van der Waals surface area contributed by atoms with E-state index < -0.39 is 17.6 Å². The van der Waals surface area contributed by atoms with E-state index in [1.165, 1.54) is 31.4 Å². The highest BCUT2D eigenvalue weighted by atomic mass is 35.5. The van der Waals surface area contributed by atoms with Gasteiger partial charge >= 0.3 is 0 Å². The topological polar surface area (TPSA) is 79.2 Å². The number of carbonyl (C=O) groups excluding carboxylic acids is 2. The van der Waals surface area contributed by atoms with Crippen molar-refractivity contribution in [3.05, 3.63) is 34.9 Å². The molecule has 1 rings (SSSR count). The van der Waals surface area contributed by atoms with Crippen molar-refractivity contribution in [2.24, 2.45) is 5.92 Å². The summed E-state index contributed by atoms with van der Waals surface area (Å²) in [6.45, 7) is 2.03. The summed E-state index contributed by atoms with van der Waals surface area (Å²) in [7, 11) is 1.50. The minimum atomic E-state index is -1.38. The van der Waals surface area contributed by atoms with E-state index in [2.05, 4.69) is 5.32 Å². The average Bonchev–Trinajstić information content (AvgIpc) is 2.40. The summed E-state index contributed by atoms with van der Waals surface area (Å²) in [5.41, 5.74) is 0.274. The second-order valence-corrected chi connectivity index (χ2v) is 4.73. The summed E-state index contributed by atoms with van der Waals surface area (Å²) in [5.74, 6) is -2.56. The fraction of sp³-hybridized carbons (Fsp3) is 0.357. The van der Waals surface area contributed by atoms with E-state index in [4.69, 9.17) is 21.6 Å². The van der Waals surface area contributed by atoms with E-state index in [9.17, 15) is 9.59 Å². The molecule has 106 valence electrons. The van der Waals surface area contributed by atoms with Crippen molar-refractivity contribution in [1.82, 2.24) is 5.32 Å². The van der Waals surface area contributed by atoms with Gasteiger partial charge in [0.05, 0.1) is 12.7 Å². The molecule has 0 aliphatic rings. The van der Waals surface area contributed by atoms with Crippen LogP contribution < -0.4 is 5.32 Å². The molecule has 1 aromatic carbocycles. The Kier molecular flexibility index (Phi) is 6.16. The van der Waals surface area contributed by atoms with Crippen molar-refractivity contribution in [2.75, 3.05) is 13.7 Å². The van der Waals surface area contributed by atoms with Crippen LogP contribution in [0.2, 0.25) is 5.02 Å². The number of methoxy groups -OCH3 is 1. The van der Waals surface area contributed by atoms with Crippen LogP contribution >= 0.6 is 11.6 Å². The largest absolute Gasteiger partial charge is 0.383 e. The molecule has 20 heavy (non-hydrogen) atoms. The summed E-state index contributed by atoms with van der Waals surface area (Å²) in [5, 5.41) is 12.1. The Morgan fingerprint density at radius 3 is 2.50 bits per heavy atom. The molecule has 0 saturated heterocycles. The molecule has 1 amide bonds. The molecule has 0 aliphatic carbocycles. The smallest absolute Gasteiger partial charge is 0.245 e. The lowest BCUT2D eigenvalue weighted by molar-refractivity contribution is -0.123. The van der Waals surface area contributed by atoms with E-state index in [1.54, 1.807) is 13.0 Å². The third-order valence-corrected chi connectivity index (χ3v) is 2.84. The van der Waals surface area contributed by atoms with Crippen molar-refractivity contribution < 1.29 is 14.3 Å². The van der Waals surface area contributed by atoms with E-state index >= 15 is 0 Å². The molecular formula is C14H15ClN2O3. The number of amides is 1. The lowest BCUT2D eigenvalue weighted by Gasteiger charge is -2.15. The van der Waals surface area contributed by atoms with Gasteiger partial charge in [-0.05, 0) is 31.2 Å². The maximum absolute atomic E-state index is 12.1. The minimum absolute atomic E-state index is 0.274. The van der Waals surface area contributed by atoms with Gasteiger partial charge in [0, 0.05) is 23.7 Å². The number of ketones is 1. The second-order valence-electron chi connectivity index (χ2n) is 4.30. The van der Waals surface area contributed by atoms with Gasteiger partial charge in [0.2, 0.25) is 5.91 Å². The SMILES string of the molecule is COC[C@@H](C)NC(=O)[C@H](C#N)C(=O)c1ccc(Cl)cc1. The normalized spacial score (nSPS) is 13.1. The van der Waals surface area contributed by atoms with Crippen LogP contribution in [-0.2, 0) is 9.53 Å². The first-order valence-electron chi connectivity index (χ1n) is 5.98. The number of Topliss-reactive ketones (excluding diaryl/α,β-unsaturated/α-hetero) is 1. The third kappa shape index (κ3) is 4.34. The molecule has 0 aliphatic heterocycles. The van der Waals surface area contributed by atoms with Gasteiger partial charge in [-0.2, -0.15) is 5.26 Å². The monoisotopic (exact) mass is 294 g/mol. The van der Waals surface area contributed by atoms with Crippen molar-refractivity contribution in [2.45, 2.75) is 13.0 Å². The van der Waals surface area contributed by atoms with Crippen molar-refractivity contribution in [3.63, 3.8) is 0 Å². The molecule has 1 aromatic rings. The number of nitrogens with one attached hydrogen (secondary N) is 1. The third-order valence-electron chi connectivity index (χ3n) is 2.59. The molecule has 5 nitrogen and oxygen atoms in total. The molecule has 0 aromatic heterocycles. The zero-order chi connectivity index (χ0) is 15.1. The predicted molar refractivity (Wildman–Crippen MR) is 74.4 cm³/mol. The number of hydrogen-bond donors (Lipinski definition) is 1. The van der Waals surface area contributed by atoms with Crippen LogP contribution in [0, 0.1) is 17.2 Å². The van der Waals surface area contributed by atoms with Gasteiger partial charge in [0.1, 0.15) is 0 Å². The number of carbonyl (C=O) groups is 2. The lowest BCUT2D eigenvalue weighted by atomic mass is 9.98. The van der Waals surface area contributed by atoms with Gasteiger partial charge in [-0.15, -0.1) is 0 Å². The highest BCUT2D eigenvalue weighted by Crippen LogP contribution is 2.13. The number of nitrogens with zero attached hydrogens (tertiary/aromatic N) is 1. The van der Waals surface area contributed by atoms with Crippen LogP contribution in [0.1, 0.15) is 17.3 Å². The first kappa shape index (κ1) is 16.2. The summed E-state index contributed by atoms with van der Waals surface area (Å²) in [6.07, 6.45) is 0. The maximum Gasteiger partial charge on any atom is 0.245 e. The number of benzene rings is 1. The van der Waals surface area contributed by atoms with Crippen LogP contribution in [0.3, 0.4) is 0 Å². The van der Waals surface area contributed by atoms with E-state index in [-0.39, 0.29) is 11.6 Å². The van der Waals surface area contributed by atoms with Crippen LogP contribution in [0.5, 0.6) is 0 Å². The van der Waals surface area contributed by atoms with Gasteiger partial charge in [-0.1, -0.05) is 11.6 Å². The highest BCUT2D eigenvalue weighted by molar-refractivity contribution is 6.30. The number of hydrogen-bond acceptors (Lipinski definition) is 4. The fourth-order valence-corrected chi connectivity index (χ4v) is 1.76. The molecule has 6 heteroatoms. The fourth-order valence-electron chi connectivity index (χ4n) is 1.63. The van der Waals surface area contributed by atoms with Crippen LogP contribution in [0.25, 0.3) is 0 Å². The summed E-state index contributed by atoms with van der Waals surface area (Å²) in [4.78, 5) is 24.0. The average molecular weight is 295 g/mol. The van der Waals surface area contributed by atoms with E-state index in [0.29, 0.717) is 11.6 Å². The zero-order valence-electron chi connectivity index (χ0n) is 11.2. The molecular weight excluding hydrogens is 280 g/mol. The number of rotatable bonds is 6. The van der Waals surface area contributed by atoms with Gasteiger partial charge in [-0.3, -0.25) is 9.59 Å². The summed E-state index contributed by atoms with van der Waals surface area (Å²) >= 11 is 5.73. The summed E-state index contributed by atoms with van der Waals surface area (Å²) < 4.78 is 4.88. The Labute approximate surface area is 122 Å². The number of ether oxygens (including phenoxy) is 1. The van der Waals surface area contributed by atoms with Gasteiger partial charge in [-0.25, -0.2) is 0 Å². The van der Waals surface area contributed by atoms with E-state index in [0.717, 1.165) is 0 Å². The molecule has 1 N–H and O–H groups in total. The van der Waals surface area contributed by atoms with Crippen molar-refractivity contribution in [3.8, 4) is 6.07 Å². The highest BCUT2D eigenvalue weighted by Gasteiger charge is 2.28. The molecule has 2 atom stereocenters. The Morgan fingerprint density at radius 2 is 2.00 bits per heavy atom. The standard InChI is InChI=1S/C14H15ClN2O3/c1-9(8-20-2)17-14(19)12(7-16)13(18)10-3-5-11(15)6-4-10/h3-6,9,12H,8H2,1-2H3,(H,17,19)/t9-,12-/m1/s1. The molecule has 0 spiro atoms. The Bertz CT molecular complexity index is 522. The van der Waals surface area contributed by atoms with Crippen LogP contribution in [0.15, 0.2) is 24.3 Å². The number of nitriles is 1. The van der Waals surface area contributed by atoms with Gasteiger partial charge in [0.25, 0.3) is 0 Å². The lowest BCUT2D eigenvalue weighted by Crippen LogP contribution is -2.41. The molecule has 0 unspecified atom stereocenters. The first-order valence-corrected chi connectivity index (χ1v) is 6.36. The predicted octanol–water partition coefficient (Wildman–Crippen LogP) is 1.81. The first-order chi connectivity index (χ1) is 9.49. The molecule has 0 radical (unpaired) electrons. The van der Waals surface area contributed by atoms with E-state index in [1.807, 2.05) is 0 Å². The van der Waals surface area contributed by atoms with Gasteiger partial charge < -0.3 is 10.1 Å². The molecule has 0 bridgehead atoms. The van der Waals surface area contributed by atoms with Crippen LogP contribution in [-0.4, -0.2) is 31.4 Å². The molecule has 0 fully saturated rings. The van der Waals surface area contributed by atoms with Gasteiger partial charge in [0.15, 0.2) is 11.7 Å². The molecule has 0 heterocycles. The van der Waals surface area contributed by atoms with Crippen molar-refractivity contribution in [1.29, 1.82) is 5.26 Å². The minimum Gasteiger partial charge on any atom is -0.383 e. The zero-order valence-corrected chi connectivity index (χ0v) is 12.0. The maximum atomic E-state index is 12.1. The molecule has 0 saturated carbocycles. The van der Waals surface area contributed by atoms with Crippen molar-refractivity contribution >= 4 is 23.3 Å². The quantitative estimate of drug-likeness (QED) is 0.641. The Hall–Kier alpha value is -1.90. The Balaban J connectivity index is 2.80.